The lowest BCUT2D eigenvalue weighted by atomic mass is 9.95. The number of carbonyl (C=O) groups excluding carboxylic acids is 3. The van der Waals surface area contributed by atoms with Gasteiger partial charge in [0.1, 0.15) is 5.75 Å². The van der Waals surface area contributed by atoms with Crippen LogP contribution < -0.4 is 10.1 Å². The first-order chi connectivity index (χ1) is 17.6. The van der Waals surface area contributed by atoms with Gasteiger partial charge in [-0.25, -0.2) is 18.0 Å². The highest BCUT2D eigenvalue weighted by Gasteiger charge is 2.34. The number of hydrogen-bond donors (Lipinski definition) is 1. The molecule has 1 amide bonds. The summed E-state index contributed by atoms with van der Waals surface area (Å²) in [6, 6.07) is 7.71. The average Bonchev–Trinajstić information content (AvgIpc) is 2.90. The Morgan fingerprint density at radius 3 is 2.05 bits per heavy atom. The van der Waals surface area contributed by atoms with Crippen molar-refractivity contribution in [3.8, 4) is 5.75 Å². The van der Waals surface area contributed by atoms with E-state index in [0.29, 0.717) is 18.6 Å². The molecule has 37 heavy (non-hydrogen) atoms. The molecule has 0 spiro atoms. The summed E-state index contributed by atoms with van der Waals surface area (Å²) in [6.45, 7) is -0.480. The SMILES string of the molecule is COC(=O)c1cc(NC(=O)CN(C2CCCCC2)S(=O)(=O)c2ccc(OC)c(Cl)c2)cc(C(=O)OC)c1. The topological polar surface area (TPSA) is 128 Å². The number of nitrogens with one attached hydrogen (secondary N) is 1. The quantitative estimate of drug-likeness (QED) is 0.464. The molecule has 0 aromatic heterocycles. The van der Waals surface area contributed by atoms with Crippen LogP contribution in [0.2, 0.25) is 5.02 Å². The van der Waals surface area contributed by atoms with Crippen LogP contribution in [0.25, 0.3) is 0 Å². The smallest absolute Gasteiger partial charge is 0.337 e. The third-order valence-electron chi connectivity index (χ3n) is 6.07. The van der Waals surface area contributed by atoms with Crippen molar-refractivity contribution in [2.45, 2.75) is 43.0 Å². The van der Waals surface area contributed by atoms with E-state index >= 15 is 0 Å². The monoisotopic (exact) mass is 552 g/mol. The second kappa shape index (κ2) is 12.4. The number of benzene rings is 2. The molecule has 1 aliphatic carbocycles. The summed E-state index contributed by atoms with van der Waals surface area (Å²) in [5.74, 6) is -1.76. The average molecular weight is 553 g/mol. The summed E-state index contributed by atoms with van der Waals surface area (Å²) in [5.41, 5.74) is 0.150. The Morgan fingerprint density at radius 1 is 0.946 bits per heavy atom. The molecule has 0 aliphatic heterocycles. The van der Waals surface area contributed by atoms with Crippen molar-refractivity contribution in [1.82, 2.24) is 4.31 Å². The lowest BCUT2D eigenvalue weighted by molar-refractivity contribution is -0.116. The molecule has 200 valence electrons. The standard InChI is InChI=1S/C25H29ClN2O8S/c1-34-22-10-9-20(14-21(22)26)37(32,33)28(19-7-5-4-6-8-19)15-23(29)27-18-12-16(24(30)35-2)11-17(13-18)25(31)36-3/h9-14,19H,4-8,15H2,1-3H3,(H,27,29). The Bertz CT molecular complexity index is 1240. The van der Waals surface area contributed by atoms with Crippen LogP contribution in [0.3, 0.4) is 0 Å². The van der Waals surface area contributed by atoms with Gasteiger partial charge in [-0.05, 0) is 49.2 Å². The first-order valence-electron chi connectivity index (χ1n) is 11.6. The van der Waals surface area contributed by atoms with Crippen molar-refractivity contribution < 1.29 is 37.0 Å². The Balaban J connectivity index is 1.92. The molecule has 0 unspecified atom stereocenters. The molecule has 1 N–H and O–H groups in total. The van der Waals surface area contributed by atoms with Crippen molar-refractivity contribution in [3.63, 3.8) is 0 Å². The third kappa shape index (κ3) is 6.79. The van der Waals surface area contributed by atoms with Crippen LogP contribution in [-0.2, 0) is 24.3 Å². The molecule has 12 heteroatoms. The zero-order valence-corrected chi connectivity index (χ0v) is 22.4. The van der Waals surface area contributed by atoms with E-state index in [0.717, 1.165) is 19.3 Å². The van der Waals surface area contributed by atoms with Gasteiger partial charge in [-0.15, -0.1) is 0 Å². The van der Waals surface area contributed by atoms with Gasteiger partial charge in [0.15, 0.2) is 0 Å². The molecule has 3 rings (SSSR count). The molecule has 0 saturated heterocycles. The molecule has 0 heterocycles. The second-order valence-electron chi connectivity index (χ2n) is 8.47. The van der Waals surface area contributed by atoms with E-state index in [4.69, 9.17) is 25.8 Å². The van der Waals surface area contributed by atoms with Gasteiger partial charge in [0.25, 0.3) is 0 Å². The number of sulfonamides is 1. The Morgan fingerprint density at radius 2 is 1.54 bits per heavy atom. The van der Waals surface area contributed by atoms with Gasteiger partial charge in [0, 0.05) is 11.7 Å². The van der Waals surface area contributed by atoms with Crippen LogP contribution in [0, 0.1) is 0 Å². The van der Waals surface area contributed by atoms with Crippen molar-refractivity contribution in [3.05, 3.63) is 52.5 Å². The fourth-order valence-electron chi connectivity index (χ4n) is 4.24. The highest BCUT2D eigenvalue weighted by molar-refractivity contribution is 7.89. The van der Waals surface area contributed by atoms with Crippen molar-refractivity contribution in [2.75, 3.05) is 33.2 Å². The molecule has 2 aromatic rings. The van der Waals surface area contributed by atoms with Crippen LogP contribution in [0.1, 0.15) is 52.8 Å². The number of rotatable bonds is 9. The van der Waals surface area contributed by atoms with Gasteiger partial charge in [-0.3, -0.25) is 4.79 Å². The van der Waals surface area contributed by atoms with Crippen LogP contribution in [0.5, 0.6) is 5.75 Å². The summed E-state index contributed by atoms with van der Waals surface area (Å²) in [5, 5.41) is 2.73. The highest BCUT2D eigenvalue weighted by atomic mass is 35.5. The number of esters is 2. The molecule has 0 radical (unpaired) electrons. The van der Waals surface area contributed by atoms with E-state index in [1.807, 2.05) is 0 Å². The predicted molar refractivity (Wildman–Crippen MR) is 137 cm³/mol. The fourth-order valence-corrected chi connectivity index (χ4v) is 6.23. The molecule has 1 saturated carbocycles. The fraction of sp³-hybridized carbons (Fsp3) is 0.400. The zero-order valence-electron chi connectivity index (χ0n) is 20.8. The molecule has 0 bridgehead atoms. The summed E-state index contributed by atoms with van der Waals surface area (Å²) < 4.78 is 43.1. The molecule has 10 nitrogen and oxygen atoms in total. The van der Waals surface area contributed by atoms with Gasteiger partial charge in [0.05, 0.1) is 48.9 Å². The Kier molecular flexibility index (Phi) is 9.52. The minimum Gasteiger partial charge on any atom is -0.495 e. The predicted octanol–water partition coefficient (Wildman–Crippen LogP) is 3.88. The molecule has 2 aromatic carbocycles. The number of nitrogens with zero attached hydrogens (tertiary/aromatic N) is 1. The van der Waals surface area contributed by atoms with Crippen LogP contribution in [0.15, 0.2) is 41.3 Å². The van der Waals surface area contributed by atoms with Crippen LogP contribution in [-0.4, -0.2) is 64.5 Å². The van der Waals surface area contributed by atoms with Gasteiger partial charge < -0.3 is 19.5 Å². The lowest BCUT2D eigenvalue weighted by Gasteiger charge is -2.33. The van der Waals surface area contributed by atoms with Gasteiger partial charge >= 0.3 is 11.9 Å². The van der Waals surface area contributed by atoms with Gasteiger partial charge in [-0.2, -0.15) is 4.31 Å². The molecule has 1 aliphatic rings. The number of hydrogen-bond acceptors (Lipinski definition) is 8. The number of halogens is 1. The van der Waals surface area contributed by atoms with Crippen molar-refractivity contribution in [2.24, 2.45) is 0 Å². The summed E-state index contributed by atoms with van der Waals surface area (Å²) in [6.07, 6.45) is 3.89. The molecule has 1 fully saturated rings. The van der Waals surface area contributed by atoms with Crippen molar-refractivity contribution in [1.29, 1.82) is 0 Å². The van der Waals surface area contributed by atoms with Gasteiger partial charge in [-0.1, -0.05) is 30.9 Å². The second-order valence-corrected chi connectivity index (χ2v) is 10.8. The summed E-state index contributed by atoms with van der Waals surface area (Å²) in [7, 11) is -0.308. The minimum absolute atomic E-state index is 0.0188. The number of amides is 1. The largest absolute Gasteiger partial charge is 0.495 e. The van der Waals surface area contributed by atoms with E-state index in [9.17, 15) is 22.8 Å². The van der Waals surface area contributed by atoms with E-state index in [2.05, 4.69) is 5.32 Å². The molecule has 0 atom stereocenters. The van der Waals surface area contributed by atoms with E-state index < -0.39 is 34.4 Å². The normalized spacial score (nSPS) is 14.2. The first kappa shape index (κ1) is 28.4. The summed E-state index contributed by atoms with van der Waals surface area (Å²) in [4.78, 5) is 37.2. The minimum atomic E-state index is -4.10. The Labute approximate surface area is 220 Å². The van der Waals surface area contributed by atoms with E-state index in [1.165, 1.54) is 62.0 Å². The highest BCUT2D eigenvalue weighted by Crippen LogP contribution is 2.32. The van der Waals surface area contributed by atoms with Crippen molar-refractivity contribution >= 4 is 45.2 Å². The zero-order chi connectivity index (χ0) is 27.2. The van der Waals surface area contributed by atoms with Crippen LogP contribution in [0.4, 0.5) is 5.69 Å². The van der Waals surface area contributed by atoms with Crippen LogP contribution >= 0.6 is 11.6 Å². The number of ether oxygens (including phenoxy) is 3. The summed E-state index contributed by atoms with van der Waals surface area (Å²) >= 11 is 6.18. The maximum absolute atomic E-state index is 13.7. The Hall–Kier alpha value is -3.15. The van der Waals surface area contributed by atoms with Gasteiger partial charge in [0.2, 0.25) is 15.9 Å². The third-order valence-corrected chi connectivity index (χ3v) is 8.26. The number of anilines is 1. The maximum atomic E-state index is 13.7. The first-order valence-corrected chi connectivity index (χ1v) is 13.4. The number of methoxy groups -OCH3 is 3. The van der Waals surface area contributed by atoms with E-state index in [1.54, 1.807) is 0 Å². The lowest BCUT2D eigenvalue weighted by Crippen LogP contribution is -2.45. The van der Waals surface area contributed by atoms with E-state index in [-0.39, 0.29) is 32.8 Å². The maximum Gasteiger partial charge on any atom is 0.337 e. The molecular formula is C25H29ClN2O8S. The number of carbonyl (C=O) groups is 3. The molecular weight excluding hydrogens is 524 g/mol.